The molecule has 1 amide bonds. The van der Waals surface area contributed by atoms with Gasteiger partial charge in [-0.15, -0.1) is 11.3 Å². The number of carbonyl (C=O) groups excluding carboxylic acids is 1. The van der Waals surface area contributed by atoms with Gasteiger partial charge in [0.05, 0.1) is 5.39 Å². The third-order valence-electron chi connectivity index (χ3n) is 2.04. The van der Waals surface area contributed by atoms with Crippen molar-refractivity contribution in [3.05, 3.63) is 33.4 Å². The van der Waals surface area contributed by atoms with Crippen LogP contribution in [0.25, 0.3) is 10.2 Å². The minimum atomic E-state index is -0.682. The van der Waals surface area contributed by atoms with Crippen molar-refractivity contribution in [3.8, 4) is 0 Å². The van der Waals surface area contributed by atoms with Crippen LogP contribution in [-0.4, -0.2) is 10.5 Å². The Balaban J connectivity index is 2.96. The number of aryl methyl sites for hydroxylation is 1. The van der Waals surface area contributed by atoms with Gasteiger partial charge in [0.2, 0.25) is 5.43 Å². The summed E-state index contributed by atoms with van der Waals surface area (Å²) < 4.78 is 1.74. The van der Waals surface area contributed by atoms with Gasteiger partial charge in [-0.1, -0.05) is 0 Å². The van der Waals surface area contributed by atoms with Crippen molar-refractivity contribution in [2.45, 2.75) is 0 Å². The zero-order valence-electron chi connectivity index (χ0n) is 7.48. The van der Waals surface area contributed by atoms with Gasteiger partial charge in [-0.2, -0.15) is 0 Å². The van der Waals surface area contributed by atoms with Crippen LogP contribution in [0.4, 0.5) is 0 Å². The molecule has 0 aliphatic rings. The molecule has 0 saturated carbocycles. The third kappa shape index (κ3) is 1.13. The molecule has 2 N–H and O–H groups in total. The van der Waals surface area contributed by atoms with Crippen molar-refractivity contribution in [1.29, 1.82) is 0 Å². The maximum absolute atomic E-state index is 11.7. The summed E-state index contributed by atoms with van der Waals surface area (Å²) in [6.45, 7) is 0. The Kier molecular flexibility index (Phi) is 1.89. The SMILES string of the molecule is Cn1cc(C(N)=O)c(=O)c2ccsc21. The number of carbonyl (C=O) groups is 1. The second-order valence-corrected chi connectivity index (χ2v) is 3.88. The number of thiophene rings is 1. The zero-order chi connectivity index (χ0) is 10.3. The van der Waals surface area contributed by atoms with E-state index in [2.05, 4.69) is 0 Å². The zero-order valence-corrected chi connectivity index (χ0v) is 8.30. The molecule has 0 atom stereocenters. The lowest BCUT2D eigenvalue weighted by Crippen LogP contribution is -2.22. The number of nitrogens with zero attached hydrogens (tertiary/aromatic N) is 1. The Morgan fingerprint density at radius 2 is 2.29 bits per heavy atom. The number of primary amides is 1. The molecule has 4 nitrogen and oxygen atoms in total. The highest BCUT2D eigenvalue weighted by Crippen LogP contribution is 2.16. The lowest BCUT2D eigenvalue weighted by Gasteiger charge is -2.02. The highest BCUT2D eigenvalue weighted by molar-refractivity contribution is 7.16. The van der Waals surface area contributed by atoms with Crippen LogP contribution in [0, 0.1) is 0 Å². The smallest absolute Gasteiger partial charge is 0.254 e. The van der Waals surface area contributed by atoms with E-state index in [0.29, 0.717) is 5.39 Å². The summed E-state index contributed by atoms with van der Waals surface area (Å²) in [5.74, 6) is -0.682. The number of pyridine rings is 1. The number of fused-ring (bicyclic) bond motifs is 1. The van der Waals surface area contributed by atoms with Crippen molar-refractivity contribution in [2.75, 3.05) is 0 Å². The Morgan fingerprint density at radius 1 is 1.57 bits per heavy atom. The van der Waals surface area contributed by atoms with Crippen molar-refractivity contribution in [1.82, 2.24) is 4.57 Å². The molecule has 0 fully saturated rings. The maximum atomic E-state index is 11.7. The molecule has 0 saturated heterocycles. The first-order chi connectivity index (χ1) is 6.61. The van der Waals surface area contributed by atoms with E-state index in [1.807, 2.05) is 5.38 Å². The van der Waals surface area contributed by atoms with Crippen LogP contribution in [0.5, 0.6) is 0 Å². The van der Waals surface area contributed by atoms with Gasteiger partial charge in [0.15, 0.2) is 0 Å². The van der Waals surface area contributed by atoms with E-state index < -0.39 is 5.91 Å². The van der Waals surface area contributed by atoms with E-state index in [0.717, 1.165) is 4.83 Å². The highest BCUT2D eigenvalue weighted by atomic mass is 32.1. The van der Waals surface area contributed by atoms with E-state index in [-0.39, 0.29) is 11.0 Å². The second kappa shape index (κ2) is 2.95. The number of nitrogens with two attached hydrogens (primary N) is 1. The van der Waals surface area contributed by atoms with Crippen molar-refractivity contribution < 1.29 is 4.79 Å². The van der Waals surface area contributed by atoms with E-state index >= 15 is 0 Å². The fourth-order valence-electron chi connectivity index (χ4n) is 1.38. The minimum absolute atomic E-state index is 0.0402. The molecule has 2 aromatic heterocycles. The van der Waals surface area contributed by atoms with Crippen molar-refractivity contribution in [3.63, 3.8) is 0 Å². The predicted octanol–water partition coefficient (Wildman–Crippen LogP) is 0.699. The van der Waals surface area contributed by atoms with Crippen LogP contribution in [0.3, 0.4) is 0 Å². The van der Waals surface area contributed by atoms with Crippen molar-refractivity contribution in [2.24, 2.45) is 12.8 Å². The molecule has 2 heterocycles. The number of aromatic nitrogens is 1. The summed E-state index contributed by atoms with van der Waals surface area (Å²) in [5.41, 5.74) is 4.85. The van der Waals surface area contributed by atoms with Gasteiger partial charge in [0, 0.05) is 13.2 Å². The van der Waals surface area contributed by atoms with Gasteiger partial charge in [0.25, 0.3) is 5.91 Å². The summed E-state index contributed by atoms with van der Waals surface area (Å²) in [7, 11) is 1.78. The van der Waals surface area contributed by atoms with Crippen molar-refractivity contribution >= 4 is 27.5 Å². The third-order valence-corrected chi connectivity index (χ3v) is 3.05. The molecule has 0 unspecified atom stereocenters. The molecule has 0 bridgehead atoms. The Labute approximate surface area is 83.6 Å². The quantitative estimate of drug-likeness (QED) is 0.749. The van der Waals surface area contributed by atoms with E-state index in [1.165, 1.54) is 17.5 Å². The summed E-state index contributed by atoms with van der Waals surface area (Å²) in [5, 5.41) is 2.37. The van der Waals surface area contributed by atoms with Crippen LogP contribution in [-0.2, 0) is 7.05 Å². The van der Waals surface area contributed by atoms with Crippen LogP contribution >= 0.6 is 11.3 Å². The standard InChI is InChI=1S/C9H8N2O2S/c1-11-4-6(8(10)13)7(12)5-2-3-14-9(5)11/h2-4H,1H3,(H2,10,13). The molecule has 14 heavy (non-hydrogen) atoms. The molecule has 0 aromatic carbocycles. The lowest BCUT2D eigenvalue weighted by molar-refractivity contribution is 0.0999. The summed E-state index contributed by atoms with van der Waals surface area (Å²) in [6.07, 6.45) is 1.48. The number of rotatable bonds is 1. The normalized spacial score (nSPS) is 10.6. The van der Waals surface area contributed by atoms with E-state index in [1.54, 1.807) is 17.7 Å². The molecule has 0 radical (unpaired) electrons. The summed E-state index contributed by atoms with van der Waals surface area (Å²) in [4.78, 5) is 23.5. The summed E-state index contributed by atoms with van der Waals surface area (Å²) in [6, 6.07) is 1.70. The molecule has 0 aliphatic carbocycles. The van der Waals surface area contributed by atoms with Gasteiger partial charge in [-0.3, -0.25) is 9.59 Å². The van der Waals surface area contributed by atoms with Gasteiger partial charge in [0.1, 0.15) is 10.4 Å². The van der Waals surface area contributed by atoms with Crippen LogP contribution < -0.4 is 11.2 Å². The van der Waals surface area contributed by atoms with Gasteiger partial charge in [-0.05, 0) is 11.4 Å². The fourth-order valence-corrected chi connectivity index (χ4v) is 2.22. The fraction of sp³-hybridized carbons (Fsp3) is 0.111. The first-order valence-corrected chi connectivity index (χ1v) is 4.86. The van der Waals surface area contributed by atoms with Crippen LogP contribution in [0.2, 0.25) is 0 Å². The van der Waals surface area contributed by atoms with E-state index in [9.17, 15) is 9.59 Å². The number of hydrogen-bond acceptors (Lipinski definition) is 3. The average Bonchev–Trinajstić information content (AvgIpc) is 2.59. The predicted molar refractivity (Wildman–Crippen MR) is 55.6 cm³/mol. The molecule has 2 rings (SSSR count). The number of amides is 1. The summed E-state index contributed by atoms with van der Waals surface area (Å²) >= 11 is 1.46. The Hall–Kier alpha value is -1.62. The Morgan fingerprint density at radius 3 is 2.93 bits per heavy atom. The minimum Gasteiger partial charge on any atom is -0.365 e. The van der Waals surface area contributed by atoms with Crippen LogP contribution in [0.15, 0.2) is 22.4 Å². The van der Waals surface area contributed by atoms with Gasteiger partial charge < -0.3 is 10.3 Å². The molecule has 5 heteroatoms. The van der Waals surface area contributed by atoms with Crippen LogP contribution in [0.1, 0.15) is 10.4 Å². The topological polar surface area (TPSA) is 65.1 Å². The molecule has 0 aliphatic heterocycles. The Bertz CT molecular complexity index is 568. The van der Waals surface area contributed by atoms with E-state index in [4.69, 9.17) is 5.73 Å². The lowest BCUT2D eigenvalue weighted by atomic mass is 10.2. The molecule has 72 valence electrons. The monoisotopic (exact) mass is 208 g/mol. The second-order valence-electron chi connectivity index (χ2n) is 2.99. The van der Waals surface area contributed by atoms with Gasteiger partial charge in [-0.25, -0.2) is 0 Å². The highest BCUT2D eigenvalue weighted by Gasteiger charge is 2.11. The van der Waals surface area contributed by atoms with Gasteiger partial charge >= 0.3 is 0 Å². The first kappa shape index (κ1) is 8.96. The molecular formula is C9H8N2O2S. The number of hydrogen-bond donors (Lipinski definition) is 1. The maximum Gasteiger partial charge on any atom is 0.254 e. The largest absolute Gasteiger partial charge is 0.365 e. The average molecular weight is 208 g/mol. The molecular weight excluding hydrogens is 200 g/mol. The molecule has 0 spiro atoms. The first-order valence-electron chi connectivity index (χ1n) is 3.98. The molecule has 2 aromatic rings.